The van der Waals surface area contributed by atoms with Gasteiger partial charge in [0.15, 0.2) is 8.32 Å². The number of hydrogen-bond donors (Lipinski definition) is 2. The van der Waals surface area contributed by atoms with Crippen LogP contribution < -0.4 is 16.0 Å². The van der Waals surface area contributed by atoms with Gasteiger partial charge in [-0.15, -0.1) is 0 Å². The van der Waals surface area contributed by atoms with Crippen LogP contribution in [0.15, 0.2) is 40.1 Å². The van der Waals surface area contributed by atoms with E-state index in [1.807, 2.05) is 31.2 Å². The SMILES string of the molecule is Cc1ccccc1COc1cn([C@@]2(C)C[C@@](O)([Si](C)(C)C(C)(C)C)[C@@H](CO[Si](C)(C)C(C)(C)C)O2)c(=O)[nH]c1=O. The molecule has 40 heavy (non-hydrogen) atoms. The Bertz CT molecular complexity index is 1340. The highest BCUT2D eigenvalue weighted by Crippen LogP contribution is 2.53. The Labute approximate surface area is 241 Å². The first-order valence-corrected chi connectivity index (χ1v) is 20.0. The Kier molecular flexibility index (Phi) is 8.69. The summed E-state index contributed by atoms with van der Waals surface area (Å²) in [5.41, 5.74) is -0.456. The Hall–Kier alpha value is -1.99. The van der Waals surface area contributed by atoms with Crippen molar-refractivity contribution >= 4 is 16.4 Å². The van der Waals surface area contributed by atoms with Gasteiger partial charge in [0.1, 0.15) is 18.4 Å². The summed E-state index contributed by atoms with van der Waals surface area (Å²) < 4.78 is 20.5. The number of nitrogens with one attached hydrogen (secondary N) is 1. The van der Waals surface area contributed by atoms with Crippen LogP contribution in [0.2, 0.25) is 36.3 Å². The summed E-state index contributed by atoms with van der Waals surface area (Å²) in [4.78, 5) is 28.3. The number of nitrogens with zero attached hydrogens (tertiary/aromatic N) is 1. The van der Waals surface area contributed by atoms with E-state index in [9.17, 15) is 14.7 Å². The van der Waals surface area contributed by atoms with Crippen LogP contribution in [0.5, 0.6) is 5.75 Å². The van der Waals surface area contributed by atoms with E-state index in [1.165, 1.54) is 10.8 Å². The maximum atomic E-state index is 13.2. The second-order valence-electron chi connectivity index (χ2n) is 14.7. The lowest BCUT2D eigenvalue weighted by molar-refractivity contribution is -0.111. The van der Waals surface area contributed by atoms with Crippen molar-refractivity contribution in [3.63, 3.8) is 0 Å². The Morgan fingerprint density at radius 2 is 1.68 bits per heavy atom. The van der Waals surface area contributed by atoms with Gasteiger partial charge >= 0.3 is 5.69 Å². The summed E-state index contributed by atoms with van der Waals surface area (Å²) in [5, 5.41) is 11.2. The van der Waals surface area contributed by atoms with Gasteiger partial charge in [0.05, 0.1) is 26.1 Å². The quantitative estimate of drug-likeness (QED) is 0.383. The molecular formula is C30H50N2O6Si2. The molecular weight excluding hydrogens is 541 g/mol. The number of ether oxygens (including phenoxy) is 2. The molecule has 1 aromatic heterocycles. The predicted molar refractivity (Wildman–Crippen MR) is 165 cm³/mol. The Balaban J connectivity index is 2.04. The summed E-state index contributed by atoms with van der Waals surface area (Å²) in [7, 11) is -4.64. The van der Waals surface area contributed by atoms with Crippen molar-refractivity contribution in [3.05, 3.63) is 62.4 Å². The van der Waals surface area contributed by atoms with E-state index < -0.39 is 44.7 Å². The second kappa shape index (κ2) is 10.7. The van der Waals surface area contributed by atoms with Gasteiger partial charge in [0.25, 0.3) is 5.56 Å². The summed E-state index contributed by atoms with van der Waals surface area (Å²) in [5.74, 6) is 0.0181. The van der Waals surface area contributed by atoms with Crippen LogP contribution in [0.3, 0.4) is 0 Å². The molecule has 1 aliphatic rings. The van der Waals surface area contributed by atoms with Crippen LogP contribution in [0.1, 0.15) is 66.0 Å². The standard InChI is InChI=1S/C30H50N2O6Si2/c1-21-15-13-14-16-22(21)18-36-23-17-32(26(34)31-25(23)33)29(8)20-30(35,39(9,10)27(2,3)4)24(38-29)19-37-40(11,12)28(5,6)7/h13-17,24,35H,18-20H2,1-12H3,(H,31,33,34)/t24-,29-,30-/m1/s1. The fraction of sp³-hybridized carbons (Fsp3) is 0.667. The van der Waals surface area contributed by atoms with Crippen molar-refractivity contribution < 1.29 is 19.0 Å². The molecule has 1 fully saturated rings. The Morgan fingerprint density at radius 3 is 2.23 bits per heavy atom. The highest BCUT2D eigenvalue weighted by Gasteiger charge is 2.65. The van der Waals surface area contributed by atoms with E-state index >= 15 is 0 Å². The number of aromatic nitrogens is 2. The van der Waals surface area contributed by atoms with E-state index in [-0.39, 0.29) is 35.5 Å². The molecule has 10 heteroatoms. The predicted octanol–water partition coefficient (Wildman–Crippen LogP) is 5.69. The van der Waals surface area contributed by atoms with Crippen molar-refractivity contribution in [3.8, 4) is 5.75 Å². The molecule has 0 spiro atoms. The number of hydrogen-bond acceptors (Lipinski definition) is 6. The molecule has 0 radical (unpaired) electrons. The van der Waals surface area contributed by atoms with Crippen molar-refractivity contribution in [2.45, 2.75) is 122 Å². The molecule has 0 amide bonds. The molecule has 0 aliphatic carbocycles. The zero-order chi connectivity index (χ0) is 30.5. The second-order valence-corrected chi connectivity index (χ2v) is 25.1. The summed E-state index contributed by atoms with van der Waals surface area (Å²) in [6.45, 7) is 25.9. The third-order valence-corrected chi connectivity index (χ3v) is 20.9. The van der Waals surface area contributed by atoms with E-state index in [4.69, 9.17) is 13.9 Å². The first-order chi connectivity index (χ1) is 18.1. The molecule has 2 N–H and O–H groups in total. The van der Waals surface area contributed by atoms with Gasteiger partial charge in [-0.05, 0) is 48.1 Å². The van der Waals surface area contributed by atoms with Gasteiger partial charge in [-0.2, -0.15) is 0 Å². The smallest absolute Gasteiger partial charge is 0.330 e. The van der Waals surface area contributed by atoms with E-state index in [1.54, 1.807) is 6.92 Å². The molecule has 224 valence electrons. The average molecular weight is 591 g/mol. The zero-order valence-electron chi connectivity index (χ0n) is 26.5. The molecule has 8 nitrogen and oxygen atoms in total. The van der Waals surface area contributed by atoms with Crippen LogP contribution >= 0.6 is 0 Å². The molecule has 1 saturated heterocycles. The fourth-order valence-corrected chi connectivity index (χ4v) is 9.00. The Morgan fingerprint density at radius 1 is 1.07 bits per heavy atom. The third kappa shape index (κ3) is 5.97. The minimum absolute atomic E-state index is 0.0107. The molecule has 1 aromatic carbocycles. The lowest BCUT2D eigenvalue weighted by Gasteiger charge is -2.50. The minimum Gasteiger partial charge on any atom is -0.482 e. The van der Waals surface area contributed by atoms with Crippen molar-refractivity contribution in [2.75, 3.05) is 6.61 Å². The molecule has 3 rings (SSSR count). The molecule has 2 aromatic rings. The van der Waals surface area contributed by atoms with Gasteiger partial charge < -0.3 is 19.0 Å². The maximum absolute atomic E-state index is 13.2. The topological polar surface area (TPSA) is 103 Å². The number of H-pyrrole nitrogens is 1. The summed E-state index contributed by atoms with van der Waals surface area (Å²) >= 11 is 0. The van der Waals surface area contributed by atoms with Gasteiger partial charge in [-0.3, -0.25) is 14.3 Å². The lowest BCUT2D eigenvalue weighted by Crippen LogP contribution is -2.65. The van der Waals surface area contributed by atoms with Crippen molar-refractivity contribution in [1.29, 1.82) is 0 Å². The molecule has 1 aliphatic heterocycles. The first kappa shape index (κ1) is 32.5. The van der Waals surface area contributed by atoms with Crippen LogP contribution in [0, 0.1) is 6.92 Å². The van der Waals surface area contributed by atoms with Crippen molar-refractivity contribution in [2.24, 2.45) is 0 Å². The fourth-order valence-electron chi connectivity index (χ4n) is 4.98. The van der Waals surface area contributed by atoms with Gasteiger partial charge in [0.2, 0.25) is 5.75 Å². The van der Waals surface area contributed by atoms with Crippen LogP contribution in [-0.2, 0) is 21.5 Å². The van der Waals surface area contributed by atoms with Gasteiger partial charge in [-0.1, -0.05) is 78.9 Å². The first-order valence-electron chi connectivity index (χ1n) is 14.1. The number of aliphatic hydroxyl groups is 1. The third-order valence-electron chi connectivity index (χ3n) is 9.95. The number of aryl methyl sites for hydroxylation is 1. The highest BCUT2D eigenvalue weighted by molar-refractivity contribution is 6.83. The lowest BCUT2D eigenvalue weighted by atomic mass is 10.1. The van der Waals surface area contributed by atoms with Crippen LogP contribution in [0.25, 0.3) is 0 Å². The number of aromatic amines is 1. The van der Waals surface area contributed by atoms with E-state index in [0.29, 0.717) is 0 Å². The normalized spacial score (nSPS) is 24.4. The van der Waals surface area contributed by atoms with Gasteiger partial charge in [0, 0.05) is 6.42 Å². The summed E-state index contributed by atoms with van der Waals surface area (Å²) in [6.07, 6.45) is 0.955. The molecule has 0 bridgehead atoms. The maximum Gasteiger partial charge on any atom is 0.330 e. The van der Waals surface area contributed by atoms with Crippen LogP contribution in [0.4, 0.5) is 0 Å². The number of rotatable bonds is 8. The summed E-state index contributed by atoms with van der Waals surface area (Å²) in [6, 6.07) is 7.77. The number of benzene rings is 1. The molecule has 3 atom stereocenters. The molecule has 0 unspecified atom stereocenters. The highest BCUT2D eigenvalue weighted by atomic mass is 28.4. The van der Waals surface area contributed by atoms with Crippen LogP contribution in [-0.4, -0.2) is 49.0 Å². The minimum atomic E-state index is -2.48. The zero-order valence-corrected chi connectivity index (χ0v) is 28.5. The van der Waals surface area contributed by atoms with E-state index in [2.05, 4.69) is 72.7 Å². The molecule has 0 saturated carbocycles. The van der Waals surface area contributed by atoms with Crippen molar-refractivity contribution in [1.82, 2.24) is 9.55 Å². The largest absolute Gasteiger partial charge is 0.482 e. The molecule has 2 heterocycles. The monoisotopic (exact) mass is 590 g/mol. The average Bonchev–Trinajstić information content (AvgIpc) is 3.08. The van der Waals surface area contributed by atoms with E-state index in [0.717, 1.165) is 11.1 Å². The van der Waals surface area contributed by atoms with Gasteiger partial charge in [-0.25, -0.2) is 4.79 Å².